The van der Waals surface area contributed by atoms with E-state index in [1.807, 2.05) is 30.3 Å². The topological polar surface area (TPSA) is 67.8 Å². The van der Waals surface area contributed by atoms with Crippen molar-refractivity contribution in [2.45, 2.75) is 18.4 Å². The van der Waals surface area contributed by atoms with Gasteiger partial charge in [-0.3, -0.25) is 0 Å². The number of nitrogens with one attached hydrogen (secondary N) is 1. The molecule has 2 N–H and O–H groups in total. The fourth-order valence-corrected chi connectivity index (χ4v) is 5.23. The Bertz CT molecular complexity index is 1140. The second kappa shape index (κ2) is 7.10. The van der Waals surface area contributed by atoms with E-state index in [4.69, 9.17) is 9.47 Å². The molecule has 0 amide bonds. The Hall–Kier alpha value is -3.47. The summed E-state index contributed by atoms with van der Waals surface area (Å²) in [4.78, 5) is 12.0. The molecule has 2 aliphatic rings. The van der Waals surface area contributed by atoms with Crippen LogP contribution < -0.4 is 14.8 Å². The molecule has 0 saturated heterocycles. The van der Waals surface area contributed by atoms with Crippen LogP contribution in [0.4, 0.5) is 5.69 Å². The average Bonchev–Trinajstić information content (AvgIpc) is 3.17. The lowest BCUT2D eigenvalue weighted by Crippen LogP contribution is -2.31. The number of benzene rings is 3. The second-order valence-corrected chi connectivity index (χ2v) is 7.82. The molecule has 1 aliphatic heterocycles. The van der Waals surface area contributed by atoms with E-state index in [1.165, 1.54) is 11.1 Å². The number of para-hydroxylation sites is 2. The van der Waals surface area contributed by atoms with Crippen LogP contribution in [0.15, 0.2) is 60.7 Å². The molecule has 5 nitrogen and oxygen atoms in total. The summed E-state index contributed by atoms with van der Waals surface area (Å²) in [5.41, 5.74) is 5.60. The van der Waals surface area contributed by atoms with E-state index in [1.54, 1.807) is 20.3 Å². The molecular formula is C25H23NO4. The number of fused-ring (bicyclic) bond motifs is 5. The Balaban J connectivity index is 1.74. The third-order valence-electron chi connectivity index (χ3n) is 6.43. The molecule has 5 rings (SSSR count). The lowest BCUT2D eigenvalue weighted by atomic mass is 9.74. The summed E-state index contributed by atoms with van der Waals surface area (Å²) in [5.74, 6) is 0.780. The van der Waals surface area contributed by atoms with Gasteiger partial charge < -0.3 is 19.9 Å². The summed E-state index contributed by atoms with van der Waals surface area (Å²) in [6, 6.07) is 19.8. The van der Waals surface area contributed by atoms with Crippen LogP contribution in [0.2, 0.25) is 0 Å². The van der Waals surface area contributed by atoms with Crippen LogP contribution in [0.1, 0.15) is 44.6 Å². The fraction of sp³-hybridized carbons (Fsp3) is 0.240. The smallest absolute Gasteiger partial charge is 0.337 e. The number of hydrogen-bond donors (Lipinski definition) is 2. The minimum Gasteiger partial charge on any atom is -0.493 e. The van der Waals surface area contributed by atoms with Gasteiger partial charge in [0.25, 0.3) is 0 Å². The van der Waals surface area contributed by atoms with E-state index < -0.39 is 5.97 Å². The Labute approximate surface area is 175 Å². The maximum absolute atomic E-state index is 12.0. The standard InChI is InChI=1S/C25H23NO4/c1-29-20-12-6-10-17(24(20)30-2)23-19-13-14-7-3-4-8-15(14)21(19)16-9-5-11-18(25(27)28)22(16)26-23/h3-12,19,21,23,26H,13H2,1-2H3,(H,27,28)/t19-,21-,23-/m1/s1. The Morgan fingerprint density at radius 1 is 0.933 bits per heavy atom. The Kier molecular flexibility index (Phi) is 4.39. The predicted molar refractivity (Wildman–Crippen MR) is 115 cm³/mol. The molecule has 0 spiro atoms. The van der Waals surface area contributed by atoms with E-state index in [0.29, 0.717) is 22.7 Å². The van der Waals surface area contributed by atoms with Crippen LogP contribution in [-0.4, -0.2) is 25.3 Å². The first kappa shape index (κ1) is 18.6. The number of methoxy groups -OCH3 is 2. The van der Waals surface area contributed by atoms with E-state index in [-0.39, 0.29) is 17.9 Å². The zero-order chi connectivity index (χ0) is 20.8. The highest BCUT2D eigenvalue weighted by Gasteiger charge is 2.45. The van der Waals surface area contributed by atoms with Gasteiger partial charge in [0.05, 0.1) is 31.5 Å². The minimum atomic E-state index is -0.930. The van der Waals surface area contributed by atoms with Gasteiger partial charge in [-0.15, -0.1) is 0 Å². The summed E-state index contributed by atoms with van der Waals surface area (Å²) in [6.07, 6.45) is 0.912. The molecule has 0 unspecified atom stereocenters. The molecule has 152 valence electrons. The van der Waals surface area contributed by atoms with Gasteiger partial charge in [0, 0.05) is 11.5 Å². The van der Waals surface area contributed by atoms with Crippen molar-refractivity contribution in [1.82, 2.24) is 0 Å². The molecule has 1 aliphatic carbocycles. The molecule has 3 aromatic carbocycles. The maximum atomic E-state index is 12.0. The number of aromatic carboxylic acids is 1. The maximum Gasteiger partial charge on any atom is 0.337 e. The first-order valence-corrected chi connectivity index (χ1v) is 10.1. The lowest BCUT2D eigenvalue weighted by Gasteiger charge is -2.39. The molecule has 3 aromatic rings. The molecule has 0 bridgehead atoms. The molecule has 3 atom stereocenters. The molecule has 0 aromatic heterocycles. The van der Waals surface area contributed by atoms with Crippen molar-refractivity contribution in [2.75, 3.05) is 19.5 Å². The van der Waals surface area contributed by atoms with Crippen molar-refractivity contribution in [3.8, 4) is 11.5 Å². The van der Waals surface area contributed by atoms with Gasteiger partial charge >= 0.3 is 5.97 Å². The quantitative estimate of drug-likeness (QED) is 0.653. The first-order chi connectivity index (χ1) is 14.6. The third-order valence-corrected chi connectivity index (χ3v) is 6.43. The highest BCUT2D eigenvalue weighted by molar-refractivity contribution is 5.96. The van der Waals surface area contributed by atoms with Gasteiger partial charge in [0.2, 0.25) is 0 Å². The van der Waals surface area contributed by atoms with Crippen molar-refractivity contribution >= 4 is 11.7 Å². The Morgan fingerprint density at radius 3 is 2.43 bits per heavy atom. The van der Waals surface area contributed by atoms with Gasteiger partial charge in [-0.2, -0.15) is 0 Å². The van der Waals surface area contributed by atoms with Gasteiger partial charge in [-0.25, -0.2) is 4.79 Å². The first-order valence-electron chi connectivity index (χ1n) is 10.1. The van der Waals surface area contributed by atoms with Gasteiger partial charge in [0.1, 0.15) is 0 Å². The van der Waals surface area contributed by atoms with Crippen LogP contribution >= 0.6 is 0 Å². The number of ether oxygens (including phenoxy) is 2. The van der Waals surface area contributed by atoms with E-state index in [9.17, 15) is 9.90 Å². The molecule has 5 heteroatoms. The van der Waals surface area contributed by atoms with Crippen LogP contribution in [0.3, 0.4) is 0 Å². The van der Waals surface area contributed by atoms with Gasteiger partial charge in [-0.05, 0) is 41.2 Å². The summed E-state index contributed by atoms with van der Waals surface area (Å²) < 4.78 is 11.3. The summed E-state index contributed by atoms with van der Waals surface area (Å²) >= 11 is 0. The van der Waals surface area contributed by atoms with Gasteiger partial charge in [-0.1, -0.05) is 48.5 Å². The largest absolute Gasteiger partial charge is 0.493 e. The summed E-state index contributed by atoms with van der Waals surface area (Å²) in [5, 5.41) is 13.4. The average molecular weight is 401 g/mol. The number of anilines is 1. The van der Waals surface area contributed by atoms with E-state index in [0.717, 1.165) is 17.5 Å². The molecule has 0 fully saturated rings. The number of rotatable bonds is 4. The predicted octanol–water partition coefficient (Wildman–Crippen LogP) is 4.87. The fourth-order valence-electron chi connectivity index (χ4n) is 5.23. The van der Waals surface area contributed by atoms with Crippen molar-refractivity contribution in [2.24, 2.45) is 5.92 Å². The number of carboxylic acid groups (broad SMARTS) is 1. The minimum absolute atomic E-state index is 0.111. The van der Waals surface area contributed by atoms with Crippen LogP contribution in [0, 0.1) is 5.92 Å². The SMILES string of the molecule is COc1cccc([C@H]2Nc3c(C(=O)O)cccc3[C@H]3c4ccccc4C[C@H]32)c1OC. The molecule has 0 radical (unpaired) electrons. The van der Waals surface area contributed by atoms with Crippen molar-refractivity contribution in [1.29, 1.82) is 0 Å². The lowest BCUT2D eigenvalue weighted by molar-refractivity contribution is 0.0697. The van der Waals surface area contributed by atoms with Crippen molar-refractivity contribution in [3.05, 3.63) is 88.5 Å². The van der Waals surface area contributed by atoms with E-state index in [2.05, 4.69) is 29.6 Å². The number of carboxylic acids is 1. The number of hydrogen-bond acceptors (Lipinski definition) is 4. The Morgan fingerprint density at radius 2 is 1.67 bits per heavy atom. The normalized spacial score (nSPS) is 21.1. The highest BCUT2D eigenvalue weighted by Crippen LogP contribution is 2.56. The molecular weight excluding hydrogens is 378 g/mol. The van der Waals surface area contributed by atoms with Crippen LogP contribution in [0.25, 0.3) is 0 Å². The second-order valence-electron chi connectivity index (χ2n) is 7.82. The third kappa shape index (κ3) is 2.65. The molecule has 30 heavy (non-hydrogen) atoms. The van der Waals surface area contributed by atoms with Crippen LogP contribution in [0.5, 0.6) is 11.5 Å². The van der Waals surface area contributed by atoms with Crippen molar-refractivity contribution in [3.63, 3.8) is 0 Å². The summed E-state index contributed by atoms with van der Waals surface area (Å²) in [7, 11) is 3.27. The van der Waals surface area contributed by atoms with Crippen LogP contribution in [-0.2, 0) is 6.42 Å². The van der Waals surface area contributed by atoms with Crippen molar-refractivity contribution < 1.29 is 19.4 Å². The zero-order valence-corrected chi connectivity index (χ0v) is 16.9. The molecule has 0 saturated carbocycles. The monoisotopic (exact) mass is 401 g/mol. The molecule has 1 heterocycles. The van der Waals surface area contributed by atoms with Gasteiger partial charge in [0.15, 0.2) is 11.5 Å². The zero-order valence-electron chi connectivity index (χ0n) is 16.9. The highest BCUT2D eigenvalue weighted by atomic mass is 16.5. The van der Waals surface area contributed by atoms with E-state index >= 15 is 0 Å². The number of carbonyl (C=O) groups is 1. The summed E-state index contributed by atoms with van der Waals surface area (Å²) in [6.45, 7) is 0.